The average molecular weight is 338 g/mol. The standard InChI is InChI=1S/C9H20O4.C8H18O2/c1-7(11)5-12-9(3)6-13-8(2)4-10;1-4-5-8(3)10-6-7(2)9/h7-11H,4-6H2,1-3H3;7-9H,4-6H2,1-3H3. The Labute approximate surface area is 141 Å². The minimum absolute atomic E-state index is 0.0170. The number of hydrogen-bond donors (Lipinski definition) is 3. The van der Waals surface area contributed by atoms with Crippen molar-refractivity contribution in [3.8, 4) is 0 Å². The summed E-state index contributed by atoms with van der Waals surface area (Å²) < 4.78 is 15.8. The molecule has 0 saturated heterocycles. The van der Waals surface area contributed by atoms with E-state index in [4.69, 9.17) is 29.5 Å². The van der Waals surface area contributed by atoms with Gasteiger partial charge >= 0.3 is 0 Å². The zero-order chi connectivity index (χ0) is 18.3. The maximum atomic E-state index is 8.92. The van der Waals surface area contributed by atoms with Gasteiger partial charge in [0.25, 0.3) is 0 Å². The summed E-state index contributed by atoms with van der Waals surface area (Å²) in [5.74, 6) is 0. The van der Waals surface area contributed by atoms with E-state index in [1.807, 2.05) is 13.8 Å². The first-order valence-electron chi connectivity index (χ1n) is 8.54. The lowest BCUT2D eigenvalue weighted by Gasteiger charge is -2.16. The maximum Gasteiger partial charge on any atom is 0.0781 e. The minimum Gasteiger partial charge on any atom is -0.394 e. The Morgan fingerprint density at radius 1 is 0.696 bits per heavy atom. The summed E-state index contributed by atoms with van der Waals surface area (Å²) in [5.41, 5.74) is 0. The molecule has 0 aromatic rings. The lowest BCUT2D eigenvalue weighted by molar-refractivity contribution is -0.0620. The summed E-state index contributed by atoms with van der Waals surface area (Å²) in [7, 11) is 0. The highest BCUT2D eigenvalue weighted by molar-refractivity contribution is 4.53. The summed E-state index contributed by atoms with van der Waals surface area (Å²) in [6.07, 6.45) is 1.52. The molecule has 0 spiro atoms. The van der Waals surface area contributed by atoms with Crippen LogP contribution in [-0.2, 0) is 14.2 Å². The number of aliphatic hydroxyl groups is 3. The minimum atomic E-state index is -0.447. The third-order valence-corrected chi connectivity index (χ3v) is 2.81. The Balaban J connectivity index is 0. The molecule has 0 heterocycles. The van der Waals surface area contributed by atoms with Crippen molar-refractivity contribution in [1.82, 2.24) is 0 Å². The van der Waals surface area contributed by atoms with Crippen LogP contribution in [0, 0.1) is 0 Å². The van der Waals surface area contributed by atoms with Gasteiger partial charge < -0.3 is 29.5 Å². The van der Waals surface area contributed by atoms with Crippen LogP contribution in [0.15, 0.2) is 0 Å². The highest BCUT2D eigenvalue weighted by Crippen LogP contribution is 2.00. The number of ether oxygens (including phenoxy) is 3. The first-order chi connectivity index (χ1) is 10.7. The van der Waals surface area contributed by atoms with E-state index in [2.05, 4.69) is 6.92 Å². The number of aliphatic hydroxyl groups excluding tert-OH is 3. The van der Waals surface area contributed by atoms with E-state index in [9.17, 15) is 0 Å². The summed E-state index contributed by atoms with van der Waals surface area (Å²) in [5, 5.41) is 26.4. The molecule has 6 heteroatoms. The van der Waals surface area contributed by atoms with Crippen LogP contribution >= 0.6 is 0 Å². The Morgan fingerprint density at radius 2 is 1.13 bits per heavy atom. The van der Waals surface area contributed by atoms with Gasteiger partial charge in [-0.1, -0.05) is 13.3 Å². The fourth-order valence-electron chi connectivity index (χ4n) is 1.50. The van der Waals surface area contributed by atoms with Crippen LogP contribution in [0.1, 0.15) is 54.4 Å². The Hall–Kier alpha value is -0.240. The topological polar surface area (TPSA) is 88.4 Å². The van der Waals surface area contributed by atoms with Crippen molar-refractivity contribution in [2.75, 3.05) is 26.4 Å². The van der Waals surface area contributed by atoms with Crippen molar-refractivity contribution >= 4 is 0 Å². The molecular weight excluding hydrogens is 300 g/mol. The van der Waals surface area contributed by atoms with Gasteiger partial charge in [0.05, 0.1) is 56.9 Å². The molecule has 6 nitrogen and oxygen atoms in total. The molecule has 3 N–H and O–H groups in total. The van der Waals surface area contributed by atoms with E-state index in [1.165, 1.54) is 0 Å². The van der Waals surface area contributed by atoms with E-state index < -0.39 is 6.10 Å². The van der Waals surface area contributed by atoms with Gasteiger partial charge in [-0.15, -0.1) is 0 Å². The molecule has 0 aliphatic rings. The van der Waals surface area contributed by atoms with Crippen LogP contribution in [0.4, 0.5) is 0 Å². The highest BCUT2D eigenvalue weighted by Gasteiger charge is 2.07. The molecule has 0 aliphatic carbocycles. The third kappa shape index (κ3) is 21.8. The smallest absolute Gasteiger partial charge is 0.0781 e. The van der Waals surface area contributed by atoms with Gasteiger partial charge in [-0.25, -0.2) is 0 Å². The molecule has 142 valence electrons. The summed E-state index contributed by atoms with van der Waals surface area (Å²) in [6, 6.07) is 0. The number of rotatable bonds is 12. The second-order valence-corrected chi connectivity index (χ2v) is 6.10. The van der Waals surface area contributed by atoms with Crippen molar-refractivity contribution in [2.45, 2.75) is 84.9 Å². The molecule has 0 fully saturated rings. The fourth-order valence-corrected chi connectivity index (χ4v) is 1.50. The molecule has 0 saturated carbocycles. The summed E-state index contributed by atoms with van der Waals surface area (Å²) in [4.78, 5) is 0. The van der Waals surface area contributed by atoms with Gasteiger partial charge in [-0.2, -0.15) is 0 Å². The van der Waals surface area contributed by atoms with Gasteiger partial charge in [-0.05, 0) is 41.0 Å². The van der Waals surface area contributed by atoms with E-state index in [0.29, 0.717) is 25.9 Å². The third-order valence-electron chi connectivity index (χ3n) is 2.81. The molecule has 0 rings (SSSR count). The van der Waals surface area contributed by atoms with Gasteiger partial charge in [0.2, 0.25) is 0 Å². The Morgan fingerprint density at radius 3 is 1.52 bits per heavy atom. The molecule has 5 unspecified atom stereocenters. The lowest BCUT2D eigenvalue weighted by atomic mass is 10.2. The normalized spacial score (nSPS) is 17.6. The summed E-state index contributed by atoms with van der Waals surface area (Å²) >= 11 is 0. The average Bonchev–Trinajstić information content (AvgIpc) is 2.49. The quantitative estimate of drug-likeness (QED) is 0.502. The van der Waals surface area contributed by atoms with E-state index in [1.54, 1.807) is 20.8 Å². The second kappa shape index (κ2) is 16.6. The molecule has 0 amide bonds. The zero-order valence-corrected chi connectivity index (χ0v) is 15.7. The van der Waals surface area contributed by atoms with Gasteiger partial charge in [0.1, 0.15) is 0 Å². The van der Waals surface area contributed by atoms with E-state index in [-0.39, 0.29) is 24.9 Å². The van der Waals surface area contributed by atoms with Crippen molar-refractivity contribution < 1.29 is 29.5 Å². The number of hydrogen-bond acceptors (Lipinski definition) is 6. The Kier molecular flexibility index (Phi) is 18.1. The van der Waals surface area contributed by atoms with E-state index in [0.717, 1.165) is 12.8 Å². The Bertz CT molecular complexity index is 235. The van der Waals surface area contributed by atoms with Gasteiger partial charge in [0, 0.05) is 0 Å². The molecule has 0 radical (unpaired) electrons. The van der Waals surface area contributed by atoms with Crippen LogP contribution in [-0.4, -0.2) is 72.3 Å². The van der Waals surface area contributed by atoms with Gasteiger partial charge in [-0.3, -0.25) is 0 Å². The largest absolute Gasteiger partial charge is 0.394 e. The predicted molar refractivity (Wildman–Crippen MR) is 91.6 cm³/mol. The predicted octanol–water partition coefficient (Wildman–Crippen LogP) is 1.74. The van der Waals surface area contributed by atoms with Crippen molar-refractivity contribution in [3.63, 3.8) is 0 Å². The molecule has 0 aliphatic heterocycles. The van der Waals surface area contributed by atoms with Crippen molar-refractivity contribution in [1.29, 1.82) is 0 Å². The van der Waals surface area contributed by atoms with Gasteiger partial charge in [0.15, 0.2) is 0 Å². The maximum absolute atomic E-state index is 8.92. The molecule has 0 aromatic carbocycles. The van der Waals surface area contributed by atoms with Crippen LogP contribution in [0.25, 0.3) is 0 Å². The molecule has 0 bridgehead atoms. The van der Waals surface area contributed by atoms with Crippen LogP contribution in [0.5, 0.6) is 0 Å². The van der Waals surface area contributed by atoms with Crippen molar-refractivity contribution in [3.05, 3.63) is 0 Å². The second-order valence-electron chi connectivity index (χ2n) is 6.10. The SMILES string of the molecule is CC(O)COC(C)COC(C)CO.CCCC(C)OCC(C)O. The van der Waals surface area contributed by atoms with E-state index >= 15 is 0 Å². The highest BCUT2D eigenvalue weighted by atomic mass is 16.5. The van der Waals surface area contributed by atoms with Crippen LogP contribution in [0.2, 0.25) is 0 Å². The van der Waals surface area contributed by atoms with Crippen LogP contribution < -0.4 is 0 Å². The van der Waals surface area contributed by atoms with Crippen LogP contribution in [0.3, 0.4) is 0 Å². The molecular formula is C17H38O6. The molecule has 23 heavy (non-hydrogen) atoms. The first-order valence-corrected chi connectivity index (χ1v) is 8.54. The van der Waals surface area contributed by atoms with Crippen molar-refractivity contribution in [2.24, 2.45) is 0 Å². The fraction of sp³-hybridized carbons (Fsp3) is 1.00. The zero-order valence-electron chi connectivity index (χ0n) is 15.7. The molecule has 0 aromatic heterocycles. The first kappa shape index (κ1) is 25.0. The summed E-state index contributed by atoms with van der Waals surface area (Å²) in [6.45, 7) is 12.5. The monoisotopic (exact) mass is 338 g/mol. The molecule has 5 atom stereocenters. The lowest BCUT2D eigenvalue weighted by Crippen LogP contribution is -2.24.